The maximum Gasteiger partial charge on any atom is 0.253 e. The molecule has 0 aliphatic carbocycles. The monoisotopic (exact) mass is 364 g/mol. The van der Waals surface area contributed by atoms with Gasteiger partial charge in [0, 0.05) is 45.1 Å². The fourth-order valence-electron chi connectivity index (χ4n) is 3.67. The van der Waals surface area contributed by atoms with Crippen molar-refractivity contribution in [3.63, 3.8) is 0 Å². The second-order valence-corrected chi connectivity index (χ2v) is 7.08. The summed E-state index contributed by atoms with van der Waals surface area (Å²) in [6.45, 7) is 1.72. The van der Waals surface area contributed by atoms with Crippen molar-refractivity contribution in [2.75, 3.05) is 37.0 Å². The molecule has 7 heteroatoms. The van der Waals surface area contributed by atoms with Crippen LogP contribution in [0.4, 0.5) is 11.5 Å². The molecule has 1 aliphatic rings. The van der Waals surface area contributed by atoms with Crippen LogP contribution in [-0.2, 0) is 0 Å². The number of fused-ring (bicyclic) bond motifs is 1. The zero-order chi connectivity index (χ0) is 18.8. The van der Waals surface area contributed by atoms with Gasteiger partial charge in [0.1, 0.15) is 17.8 Å². The first kappa shape index (κ1) is 17.3. The van der Waals surface area contributed by atoms with Crippen LogP contribution in [0.15, 0.2) is 42.9 Å². The Kier molecular flexibility index (Phi) is 4.66. The number of piperidine rings is 1. The average molecular weight is 364 g/mol. The smallest absolute Gasteiger partial charge is 0.253 e. The third-order valence-corrected chi connectivity index (χ3v) is 5.09. The minimum atomic E-state index is -0.00666. The van der Waals surface area contributed by atoms with Crippen LogP contribution in [0.5, 0.6) is 0 Å². The second-order valence-electron chi connectivity index (χ2n) is 7.08. The molecule has 1 saturated heterocycles. The Morgan fingerprint density at radius 1 is 1.19 bits per heavy atom. The molecule has 0 unspecified atom stereocenters. The SMILES string of the molecule is CN(C)c1ccccc1C(=O)NC1CCN(c2ncnc3[nH]ccc23)CC1. The van der Waals surface area contributed by atoms with E-state index in [1.54, 1.807) is 6.33 Å². The summed E-state index contributed by atoms with van der Waals surface area (Å²) in [5.41, 5.74) is 2.51. The Hall–Kier alpha value is -3.09. The highest BCUT2D eigenvalue weighted by atomic mass is 16.1. The number of para-hydroxylation sites is 1. The molecule has 1 aromatic carbocycles. The summed E-state index contributed by atoms with van der Waals surface area (Å²) in [7, 11) is 3.90. The number of aromatic nitrogens is 3. The van der Waals surface area contributed by atoms with Crippen molar-refractivity contribution in [2.24, 2.45) is 0 Å². The van der Waals surface area contributed by atoms with E-state index in [1.165, 1.54) is 0 Å². The Bertz CT molecular complexity index is 942. The molecule has 1 fully saturated rings. The van der Waals surface area contributed by atoms with Gasteiger partial charge in [-0.25, -0.2) is 9.97 Å². The Balaban J connectivity index is 1.41. The maximum absolute atomic E-state index is 12.8. The number of aromatic amines is 1. The molecule has 0 atom stereocenters. The molecule has 1 amide bonds. The van der Waals surface area contributed by atoms with Crippen molar-refractivity contribution < 1.29 is 4.79 Å². The fourth-order valence-corrected chi connectivity index (χ4v) is 3.67. The highest BCUT2D eigenvalue weighted by Crippen LogP contribution is 2.25. The van der Waals surface area contributed by atoms with Crippen LogP contribution in [-0.4, -0.2) is 54.1 Å². The zero-order valence-corrected chi connectivity index (χ0v) is 15.6. The molecule has 3 aromatic rings. The number of H-pyrrole nitrogens is 1. The molecule has 0 saturated carbocycles. The van der Waals surface area contributed by atoms with Gasteiger partial charge in [0.2, 0.25) is 0 Å². The first-order chi connectivity index (χ1) is 13.1. The molecule has 4 rings (SSSR count). The summed E-state index contributed by atoms with van der Waals surface area (Å²) in [6.07, 6.45) is 5.27. The fraction of sp³-hybridized carbons (Fsp3) is 0.350. The molecule has 2 N–H and O–H groups in total. The summed E-state index contributed by atoms with van der Waals surface area (Å²) in [5, 5.41) is 4.24. The van der Waals surface area contributed by atoms with Crippen LogP contribution >= 0.6 is 0 Å². The highest BCUT2D eigenvalue weighted by molar-refractivity contribution is 6.00. The predicted molar refractivity (Wildman–Crippen MR) is 107 cm³/mol. The third-order valence-electron chi connectivity index (χ3n) is 5.09. The Morgan fingerprint density at radius 2 is 1.96 bits per heavy atom. The van der Waals surface area contributed by atoms with Crippen molar-refractivity contribution in [3.8, 4) is 0 Å². The first-order valence-electron chi connectivity index (χ1n) is 9.24. The summed E-state index contributed by atoms with van der Waals surface area (Å²) in [4.78, 5) is 28.8. The van der Waals surface area contributed by atoms with Crippen LogP contribution < -0.4 is 15.1 Å². The van der Waals surface area contributed by atoms with E-state index in [2.05, 4.69) is 25.2 Å². The molecule has 0 spiro atoms. The summed E-state index contributed by atoms with van der Waals surface area (Å²) in [5.74, 6) is 0.955. The molecule has 7 nitrogen and oxygen atoms in total. The van der Waals surface area contributed by atoms with Crippen molar-refractivity contribution >= 4 is 28.4 Å². The van der Waals surface area contributed by atoms with Gasteiger partial charge in [-0.15, -0.1) is 0 Å². The predicted octanol–water partition coefficient (Wildman–Crippen LogP) is 2.42. The van der Waals surface area contributed by atoms with Crippen molar-refractivity contribution in [1.29, 1.82) is 0 Å². The van der Waals surface area contributed by atoms with Gasteiger partial charge in [-0.3, -0.25) is 4.79 Å². The number of carbonyl (C=O) groups is 1. The van der Waals surface area contributed by atoms with Gasteiger partial charge in [-0.05, 0) is 31.0 Å². The minimum absolute atomic E-state index is 0.00666. The average Bonchev–Trinajstić information content (AvgIpc) is 3.17. The van der Waals surface area contributed by atoms with E-state index in [4.69, 9.17) is 0 Å². The first-order valence-corrected chi connectivity index (χ1v) is 9.24. The van der Waals surface area contributed by atoms with Gasteiger partial charge >= 0.3 is 0 Å². The summed E-state index contributed by atoms with van der Waals surface area (Å²) < 4.78 is 0. The number of benzene rings is 1. The van der Waals surface area contributed by atoms with Crippen molar-refractivity contribution in [2.45, 2.75) is 18.9 Å². The number of hydrogen-bond donors (Lipinski definition) is 2. The van der Waals surface area contributed by atoms with Gasteiger partial charge in [0.05, 0.1) is 10.9 Å². The molecular formula is C20H24N6O. The molecule has 0 radical (unpaired) electrons. The number of amides is 1. The van der Waals surface area contributed by atoms with Crippen LogP contribution in [0.25, 0.3) is 11.0 Å². The number of hydrogen-bond acceptors (Lipinski definition) is 5. The van der Waals surface area contributed by atoms with Crippen molar-refractivity contribution in [1.82, 2.24) is 20.3 Å². The number of carbonyl (C=O) groups excluding carboxylic acids is 1. The lowest BCUT2D eigenvalue weighted by Crippen LogP contribution is -2.45. The van der Waals surface area contributed by atoms with Crippen LogP contribution in [0, 0.1) is 0 Å². The second kappa shape index (κ2) is 7.26. The van der Waals surface area contributed by atoms with E-state index >= 15 is 0 Å². The van der Waals surface area contributed by atoms with E-state index in [1.807, 2.05) is 55.5 Å². The van der Waals surface area contributed by atoms with E-state index < -0.39 is 0 Å². The minimum Gasteiger partial charge on any atom is -0.377 e. The molecule has 3 heterocycles. The molecule has 27 heavy (non-hydrogen) atoms. The van der Waals surface area contributed by atoms with Gasteiger partial charge < -0.3 is 20.1 Å². The number of nitrogens with zero attached hydrogens (tertiary/aromatic N) is 4. The standard InChI is InChI=1S/C20H24N6O/c1-25(2)17-6-4-3-5-15(17)20(27)24-14-8-11-26(12-9-14)19-16-7-10-21-18(16)22-13-23-19/h3-7,10,13-14H,8-9,11-12H2,1-2H3,(H,24,27)(H,21,22,23). The third kappa shape index (κ3) is 3.45. The highest BCUT2D eigenvalue weighted by Gasteiger charge is 2.24. The largest absolute Gasteiger partial charge is 0.377 e. The van der Waals surface area contributed by atoms with Crippen LogP contribution in [0.2, 0.25) is 0 Å². The zero-order valence-electron chi connectivity index (χ0n) is 15.6. The maximum atomic E-state index is 12.8. The lowest BCUT2D eigenvalue weighted by molar-refractivity contribution is 0.0931. The van der Waals surface area contributed by atoms with Crippen LogP contribution in [0.1, 0.15) is 23.2 Å². The summed E-state index contributed by atoms with van der Waals surface area (Å²) in [6, 6.07) is 9.89. The Morgan fingerprint density at radius 3 is 2.74 bits per heavy atom. The molecule has 140 valence electrons. The van der Waals surface area contributed by atoms with Gasteiger partial charge in [0.15, 0.2) is 0 Å². The van der Waals surface area contributed by atoms with Crippen LogP contribution in [0.3, 0.4) is 0 Å². The number of nitrogens with one attached hydrogen (secondary N) is 2. The normalized spacial score (nSPS) is 15.1. The quantitative estimate of drug-likeness (QED) is 0.743. The number of rotatable bonds is 4. The topological polar surface area (TPSA) is 77.2 Å². The summed E-state index contributed by atoms with van der Waals surface area (Å²) >= 11 is 0. The molecule has 0 bridgehead atoms. The Labute approximate surface area is 158 Å². The molecule has 1 aliphatic heterocycles. The number of anilines is 2. The lowest BCUT2D eigenvalue weighted by atomic mass is 10.0. The van der Waals surface area contributed by atoms with E-state index in [0.29, 0.717) is 0 Å². The van der Waals surface area contributed by atoms with E-state index in [0.717, 1.165) is 54.0 Å². The van der Waals surface area contributed by atoms with Gasteiger partial charge in [-0.1, -0.05) is 12.1 Å². The van der Waals surface area contributed by atoms with E-state index in [9.17, 15) is 4.79 Å². The lowest BCUT2D eigenvalue weighted by Gasteiger charge is -2.33. The van der Waals surface area contributed by atoms with Crippen molar-refractivity contribution in [3.05, 3.63) is 48.4 Å². The van der Waals surface area contributed by atoms with Gasteiger partial charge in [0.25, 0.3) is 5.91 Å². The molecule has 2 aromatic heterocycles. The van der Waals surface area contributed by atoms with Gasteiger partial charge in [-0.2, -0.15) is 0 Å². The van der Waals surface area contributed by atoms with E-state index in [-0.39, 0.29) is 11.9 Å². The molecular weight excluding hydrogens is 340 g/mol.